The number of nitrogens with one attached hydrogen (secondary N) is 1. The van der Waals surface area contributed by atoms with E-state index in [2.05, 4.69) is 5.32 Å². The molecule has 1 saturated carbocycles. The standard InChI is InChI=1S/C36H36Cl2FN3O4S/c37-28-14-10-13-27(21-28)24-41(34(22-26-11-4-1-5-12-26)36(44)40-29-15-6-2-7-16-29)35(43)25-42(30-19-20-33(39)32(38)23-30)47(45,46)31-17-8-3-9-18-31/h1,3-5,8-14,17-21,23,29,34H,2,6-7,15-16,22,24-25H2,(H,40,44)/t34-/m1/s1. The summed E-state index contributed by atoms with van der Waals surface area (Å²) in [5.41, 5.74) is 1.50. The smallest absolute Gasteiger partial charge is 0.264 e. The van der Waals surface area contributed by atoms with Gasteiger partial charge in [0.15, 0.2) is 0 Å². The van der Waals surface area contributed by atoms with E-state index >= 15 is 0 Å². The van der Waals surface area contributed by atoms with E-state index in [0.29, 0.717) is 10.6 Å². The molecule has 1 N–H and O–H groups in total. The lowest BCUT2D eigenvalue weighted by Gasteiger charge is -2.35. The van der Waals surface area contributed by atoms with Gasteiger partial charge in [-0.3, -0.25) is 13.9 Å². The van der Waals surface area contributed by atoms with Gasteiger partial charge in [-0.15, -0.1) is 0 Å². The Bertz CT molecular complexity index is 1790. The van der Waals surface area contributed by atoms with E-state index in [1.54, 1.807) is 42.5 Å². The van der Waals surface area contributed by atoms with Gasteiger partial charge in [0.1, 0.15) is 18.4 Å². The Kier molecular flexibility index (Phi) is 11.6. The summed E-state index contributed by atoms with van der Waals surface area (Å²) in [6.07, 6.45) is 5.01. The molecule has 0 heterocycles. The van der Waals surface area contributed by atoms with Crippen LogP contribution in [0.3, 0.4) is 0 Å². The maximum absolute atomic E-state index is 14.6. The molecule has 0 aliphatic heterocycles. The molecule has 0 aromatic heterocycles. The largest absolute Gasteiger partial charge is 0.352 e. The molecule has 0 saturated heterocycles. The van der Waals surface area contributed by atoms with E-state index in [1.165, 1.54) is 29.2 Å². The molecule has 1 atom stereocenters. The quantitative estimate of drug-likeness (QED) is 0.167. The van der Waals surface area contributed by atoms with E-state index in [4.69, 9.17) is 23.2 Å². The van der Waals surface area contributed by atoms with Gasteiger partial charge in [-0.25, -0.2) is 12.8 Å². The van der Waals surface area contributed by atoms with E-state index in [-0.39, 0.29) is 40.5 Å². The van der Waals surface area contributed by atoms with Gasteiger partial charge in [0.25, 0.3) is 10.0 Å². The van der Waals surface area contributed by atoms with Gasteiger partial charge in [0, 0.05) is 24.0 Å². The summed E-state index contributed by atoms with van der Waals surface area (Å²) in [5, 5.41) is 3.33. The minimum Gasteiger partial charge on any atom is -0.352 e. The van der Waals surface area contributed by atoms with Crippen LogP contribution in [0.2, 0.25) is 10.0 Å². The molecular formula is C36H36Cl2FN3O4S. The Balaban J connectivity index is 1.57. The lowest BCUT2D eigenvalue weighted by atomic mass is 9.94. The summed E-state index contributed by atoms with van der Waals surface area (Å²) in [7, 11) is -4.34. The van der Waals surface area contributed by atoms with Crippen molar-refractivity contribution >= 4 is 50.7 Å². The van der Waals surface area contributed by atoms with E-state index in [9.17, 15) is 22.4 Å². The molecule has 7 nitrogen and oxygen atoms in total. The fourth-order valence-corrected chi connectivity index (χ4v) is 7.63. The maximum atomic E-state index is 14.6. The highest BCUT2D eigenvalue weighted by Crippen LogP contribution is 2.29. The predicted molar refractivity (Wildman–Crippen MR) is 183 cm³/mol. The first kappa shape index (κ1) is 34.4. The number of sulfonamides is 1. The van der Waals surface area contributed by atoms with E-state index < -0.39 is 34.3 Å². The molecule has 1 fully saturated rings. The molecule has 0 unspecified atom stereocenters. The van der Waals surface area contributed by atoms with Crippen molar-refractivity contribution in [3.63, 3.8) is 0 Å². The number of rotatable bonds is 12. The first-order chi connectivity index (χ1) is 22.6. The zero-order valence-corrected chi connectivity index (χ0v) is 28.0. The van der Waals surface area contributed by atoms with Crippen molar-refractivity contribution in [1.29, 1.82) is 0 Å². The third-order valence-electron chi connectivity index (χ3n) is 8.27. The normalized spacial score (nSPS) is 14.3. The molecule has 0 spiro atoms. The van der Waals surface area contributed by atoms with Gasteiger partial charge in [0.2, 0.25) is 11.8 Å². The van der Waals surface area contributed by atoms with Crippen LogP contribution in [0.1, 0.15) is 43.2 Å². The molecule has 1 aliphatic rings. The monoisotopic (exact) mass is 695 g/mol. The number of hydrogen-bond donors (Lipinski definition) is 1. The number of hydrogen-bond acceptors (Lipinski definition) is 4. The predicted octanol–water partition coefficient (Wildman–Crippen LogP) is 7.42. The maximum Gasteiger partial charge on any atom is 0.264 e. The number of nitrogens with zero attached hydrogens (tertiary/aromatic N) is 2. The lowest BCUT2D eigenvalue weighted by Crippen LogP contribution is -2.55. The Morgan fingerprint density at radius 1 is 0.830 bits per heavy atom. The summed E-state index contributed by atoms with van der Waals surface area (Å²) in [6.45, 7) is -0.694. The first-order valence-electron chi connectivity index (χ1n) is 15.5. The molecular weight excluding hydrogens is 660 g/mol. The fourth-order valence-electron chi connectivity index (χ4n) is 5.82. The van der Waals surface area contributed by atoms with Crippen LogP contribution >= 0.6 is 23.2 Å². The minimum atomic E-state index is -4.34. The van der Waals surface area contributed by atoms with Crippen LogP contribution in [0, 0.1) is 5.82 Å². The molecule has 1 aliphatic carbocycles. The highest BCUT2D eigenvalue weighted by Gasteiger charge is 2.35. The number of anilines is 1. The van der Waals surface area contributed by atoms with Crippen molar-refractivity contribution in [3.05, 3.63) is 130 Å². The molecule has 0 bridgehead atoms. The summed E-state index contributed by atoms with van der Waals surface area (Å²) in [6, 6.07) is 26.4. The van der Waals surface area contributed by atoms with E-state index in [1.807, 2.05) is 30.3 Å². The first-order valence-corrected chi connectivity index (χ1v) is 17.7. The van der Waals surface area contributed by atoms with Crippen LogP contribution in [0.4, 0.5) is 10.1 Å². The summed E-state index contributed by atoms with van der Waals surface area (Å²) < 4.78 is 43.3. The lowest BCUT2D eigenvalue weighted by molar-refractivity contribution is -0.140. The van der Waals surface area contributed by atoms with Gasteiger partial charge >= 0.3 is 0 Å². The zero-order valence-electron chi connectivity index (χ0n) is 25.7. The van der Waals surface area contributed by atoms with Gasteiger partial charge in [0.05, 0.1) is 15.6 Å². The Hall–Kier alpha value is -3.92. The van der Waals surface area contributed by atoms with Crippen LogP contribution in [-0.2, 0) is 32.6 Å². The molecule has 246 valence electrons. The number of halogens is 3. The highest BCUT2D eigenvalue weighted by molar-refractivity contribution is 7.92. The third-order valence-corrected chi connectivity index (χ3v) is 10.6. The van der Waals surface area contributed by atoms with Crippen LogP contribution in [-0.4, -0.2) is 43.8 Å². The number of amides is 2. The van der Waals surface area contributed by atoms with E-state index in [0.717, 1.165) is 48.0 Å². The summed E-state index contributed by atoms with van der Waals surface area (Å²) in [4.78, 5) is 30.1. The average Bonchev–Trinajstić information content (AvgIpc) is 3.07. The van der Waals surface area contributed by atoms with Crippen molar-refractivity contribution in [3.8, 4) is 0 Å². The number of carbonyl (C=O) groups excluding carboxylic acids is 2. The minimum absolute atomic E-state index is 0.00238. The van der Waals surface area contributed by atoms with Crippen molar-refractivity contribution in [2.75, 3.05) is 10.8 Å². The number of benzene rings is 4. The fraction of sp³-hybridized carbons (Fsp3) is 0.278. The molecule has 11 heteroatoms. The second-order valence-corrected chi connectivity index (χ2v) is 14.3. The van der Waals surface area contributed by atoms with Crippen molar-refractivity contribution < 1.29 is 22.4 Å². The van der Waals surface area contributed by atoms with Crippen LogP contribution in [0.5, 0.6) is 0 Å². The highest BCUT2D eigenvalue weighted by atomic mass is 35.5. The Labute approximate surface area is 285 Å². The molecule has 4 aromatic carbocycles. The average molecular weight is 697 g/mol. The van der Waals surface area contributed by atoms with Gasteiger partial charge in [-0.1, -0.05) is 103 Å². The van der Waals surface area contributed by atoms with Crippen LogP contribution in [0.25, 0.3) is 0 Å². The molecule has 5 rings (SSSR count). The second kappa shape index (κ2) is 15.8. The SMILES string of the molecule is O=C(NC1CCCCC1)[C@@H](Cc1ccccc1)N(Cc1cccc(Cl)c1)C(=O)CN(c1ccc(F)c(Cl)c1)S(=O)(=O)c1ccccc1. The Morgan fingerprint density at radius 2 is 1.49 bits per heavy atom. The third kappa shape index (κ3) is 8.91. The summed E-state index contributed by atoms with van der Waals surface area (Å²) >= 11 is 12.4. The molecule has 47 heavy (non-hydrogen) atoms. The zero-order chi connectivity index (χ0) is 33.4. The van der Waals surface area contributed by atoms with Crippen molar-refractivity contribution in [2.24, 2.45) is 0 Å². The number of carbonyl (C=O) groups is 2. The van der Waals surface area contributed by atoms with Gasteiger partial charge in [-0.05, 0) is 66.4 Å². The molecule has 0 radical (unpaired) electrons. The second-order valence-electron chi connectivity index (χ2n) is 11.6. The van der Waals surface area contributed by atoms with Gasteiger partial charge < -0.3 is 10.2 Å². The van der Waals surface area contributed by atoms with Crippen molar-refractivity contribution in [1.82, 2.24) is 10.2 Å². The van der Waals surface area contributed by atoms with Crippen LogP contribution < -0.4 is 9.62 Å². The van der Waals surface area contributed by atoms with Crippen molar-refractivity contribution in [2.45, 2.75) is 62.0 Å². The topological polar surface area (TPSA) is 86.8 Å². The Morgan fingerprint density at radius 3 is 2.15 bits per heavy atom. The van der Waals surface area contributed by atoms with Crippen LogP contribution in [0.15, 0.2) is 108 Å². The summed E-state index contributed by atoms with van der Waals surface area (Å²) in [5.74, 6) is -1.69. The van der Waals surface area contributed by atoms with Gasteiger partial charge in [-0.2, -0.15) is 0 Å². The molecule has 2 amide bonds. The molecule has 4 aromatic rings.